The van der Waals surface area contributed by atoms with Crippen molar-refractivity contribution in [2.75, 3.05) is 30.4 Å². The number of piperidine rings is 1. The topological polar surface area (TPSA) is 52.7 Å². The summed E-state index contributed by atoms with van der Waals surface area (Å²) in [6, 6.07) is 12.0. The quantitative estimate of drug-likeness (QED) is 0.543. The molecular formula is C29H36ClN3O2. The van der Waals surface area contributed by atoms with Crippen molar-refractivity contribution < 1.29 is 9.59 Å². The highest BCUT2D eigenvalue weighted by atomic mass is 35.5. The number of carbonyl (C=O) groups is 2. The van der Waals surface area contributed by atoms with E-state index in [4.69, 9.17) is 11.6 Å². The van der Waals surface area contributed by atoms with Crippen molar-refractivity contribution in [3.8, 4) is 11.8 Å². The molecule has 1 saturated heterocycles. The van der Waals surface area contributed by atoms with Gasteiger partial charge in [-0.25, -0.2) is 0 Å². The molecule has 1 atom stereocenters. The Morgan fingerprint density at radius 2 is 1.86 bits per heavy atom. The van der Waals surface area contributed by atoms with Crippen LogP contribution in [0.15, 0.2) is 36.4 Å². The number of benzene rings is 2. The van der Waals surface area contributed by atoms with Crippen LogP contribution in [0.5, 0.6) is 0 Å². The van der Waals surface area contributed by atoms with E-state index in [-0.39, 0.29) is 11.8 Å². The third-order valence-corrected chi connectivity index (χ3v) is 7.46. The fourth-order valence-corrected chi connectivity index (χ4v) is 5.44. The first-order valence-electron chi connectivity index (χ1n) is 12.3. The van der Waals surface area contributed by atoms with Gasteiger partial charge in [0.1, 0.15) is 0 Å². The van der Waals surface area contributed by atoms with Gasteiger partial charge >= 0.3 is 0 Å². The summed E-state index contributed by atoms with van der Waals surface area (Å²) < 4.78 is 0. The van der Waals surface area contributed by atoms with Crippen molar-refractivity contribution in [1.82, 2.24) is 4.90 Å². The van der Waals surface area contributed by atoms with E-state index in [0.29, 0.717) is 18.1 Å². The lowest BCUT2D eigenvalue weighted by Crippen LogP contribution is -2.52. The van der Waals surface area contributed by atoms with Crippen molar-refractivity contribution in [2.45, 2.75) is 65.3 Å². The SMILES string of the molecule is CC.CC#CC(=O)N1CCCC(Nc2ccc3c(c2)N(C)C(=O)C3(C)C)(c2cccc(Cl)c2C)C1. The zero-order valence-electron chi connectivity index (χ0n) is 21.9. The second-order valence-electron chi connectivity index (χ2n) is 9.55. The third-order valence-electron chi connectivity index (χ3n) is 7.05. The molecule has 4 rings (SSSR count). The second kappa shape index (κ2) is 10.3. The van der Waals surface area contributed by atoms with Crippen LogP contribution < -0.4 is 10.2 Å². The number of fused-ring (bicyclic) bond motifs is 1. The summed E-state index contributed by atoms with van der Waals surface area (Å²) in [4.78, 5) is 29.0. The van der Waals surface area contributed by atoms with E-state index in [1.54, 1.807) is 11.8 Å². The van der Waals surface area contributed by atoms with Crippen LogP contribution in [0.1, 0.15) is 64.2 Å². The van der Waals surface area contributed by atoms with Gasteiger partial charge in [0.2, 0.25) is 5.91 Å². The molecule has 2 amide bonds. The molecule has 0 aromatic heterocycles. The van der Waals surface area contributed by atoms with Gasteiger partial charge in [-0.15, -0.1) is 0 Å². The largest absolute Gasteiger partial charge is 0.374 e. The summed E-state index contributed by atoms with van der Waals surface area (Å²) in [5.41, 5.74) is 3.83. The molecule has 35 heavy (non-hydrogen) atoms. The summed E-state index contributed by atoms with van der Waals surface area (Å²) in [6.07, 6.45) is 1.68. The molecule has 2 heterocycles. The lowest BCUT2D eigenvalue weighted by molar-refractivity contribution is -0.127. The molecule has 5 nitrogen and oxygen atoms in total. The highest BCUT2D eigenvalue weighted by Gasteiger charge is 2.43. The van der Waals surface area contributed by atoms with Crippen molar-refractivity contribution in [3.05, 3.63) is 58.1 Å². The Balaban J connectivity index is 0.00000167. The molecule has 6 heteroatoms. The summed E-state index contributed by atoms with van der Waals surface area (Å²) in [5, 5.41) is 4.46. The zero-order chi connectivity index (χ0) is 26.0. The van der Waals surface area contributed by atoms with Crippen LogP contribution in [-0.4, -0.2) is 36.9 Å². The van der Waals surface area contributed by atoms with Crippen molar-refractivity contribution >= 4 is 34.8 Å². The first kappa shape index (κ1) is 26.6. The summed E-state index contributed by atoms with van der Waals surface area (Å²) in [5.74, 6) is 5.34. The van der Waals surface area contributed by atoms with Crippen molar-refractivity contribution in [2.24, 2.45) is 0 Å². The molecule has 1 fully saturated rings. The summed E-state index contributed by atoms with van der Waals surface area (Å²) >= 11 is 6.52. The Morgan fingerprint density at radius 1 is 1.14 bits per heavy atom. The third kappa shape index (κ3) is 4.77. The lowest BCUT2D eigenvalue weighted by atomic mass is 9.79. The maximum Gasteiger partial charge on any atom is 0.298 e. The Bertz CT molecular complexity index is 1190. The second-order valence-corrected chi connectivity index (χ2v) is 9.95. The van der Waals surface area contributed by atoms with E-state index < -0.39 is 11.0 Å². The highest BCUT2D eigenvalue weighted by Crippen LogP contribution is 2.44. The van der Waals surface area contributed by atoms with Crippen LogP contribution in [0.2, 0.25) is 5.02 Å². The molecule has 1 unspecified atom stereocenters. The minimum atomic E-state index is -0.545. The molecule has 186 valence electrons. The molecule has 2 aliphatic heterocycles. The predicted octanol–water partition coefficient (Wildman–Crippen LogP) is 5.88. The number of nitrogens with one attached hydrogen (secondary N) is 1. The van der Waals surface area contributed by atoms with Crippen molar-refractivity contribution in [3.63, 3.8) is 0 Å². The fourth-order valence-electron chi connectivity index (χ4n) is 5.27. The number of likely N-dealkylation sites (N-methyl/N-ethyl adjacent to an activating group) is 1. The molecule has 1 N–H and O–H groups in total. The summed E-state index contributed by atoms with van der Waals surface area (Å²) in [6.45, 7) is 12.8. The van der Waals surface area contributed by atoms with Crippen LogP contribution >= 0.6 is 11.6 Å². The minimum Gasteiger partial charge on any atom is -0.374 e. The van der Waals surface area contributed by atoms with Crippen LogP contribution in [0.3, 0.4) is 0 Å². The van der Waals surface area contributed by atoms with Gasteiger partial charge in [-0.3, -0.25) is 9.59 Å². The van der Waals surface area contributed by atoms with Gasteiger partial charge in [0.05, 0.1) is 11.0 Å². The number of anilines is 2. The predicted molar refractivity (Wildman–Crippen MR) is 145 cm³/mol. The maximum atomic E-state index is 12.8. The van der Waals surface area contributed by atoms with E-state index in [0.717, 1.165) is 40.9 Å². The average Bonchev–Trinajstić information content (AvgIpc) is 3.02. The van der Waals surface area contributed by atoms with Crippen LogP contribution in [-0.2, 0) is 20.5 Å². The Hall–Kier alpha value is -2.97. The Morgan fingerprint density at radius 3 is 2.54 bits per heavy atom. The number of rotatable bonds is 3. The number of likely N-dealkylation sites (tertiary alicyclic amines) is 1. The molecule has 0 saturated carbocycles. The molecule has 2 aliphatic rings. The first-order chi connectivity index (χ1) is 16.6. The first-order valence-corrected chi connectivity index (χ1v) is 12.7. The van der Waals surface area contributed by atoms with E-state index in [1.807, 2.05) is 76.9 Å². The monoisotopic (exact) mass is 493 g/mol. The Kier molecular flexibility index (Phi) is 7.87. The number of amides is 2. The average molecular weight is 494 g/mol. The highest BCUT2D eigenvalue weighted by molar-refractivity contribution is 6.31. The van der Waals surface area contributed by atoms with Gasteiger partial charge in [0.25, 0.3) is 5.91 Å². The molecule has 0 radical (unpaired) electrons. The van der Waals surface area contributed by atoms with Gasteiger partial charge < -0.3 is 15.1 Å². The maximum absolute atomic E-state index is 12.8. The van der Waals surface area contributed by atoms with E-state index in [2.05, 4.69) is 23.2 Å². The number of hydrogen-bond acceptors (Lipinski definition) is 3. The molecule has 0 spiro atoms. The smallest absolute Gasteiger partial charge is 0.298 e. The molecule has 2 aromatic carbocycles. The summed E-state index contributed by atoms with van der Waals surface area (Å²) in [7, 11) is 1.82. The van der Waals surface area contributed by atoms with E-state index in [1.165, 1.54) is 0 Å². The van der Waals surface area contributed by atoms with E-state index >= 15 is 0 Å². The number of nitrogens with zero attached hydrogens (tertiary/aromatic N) is 2. The Labute approximate surface area is 214 Å². The lowest BCUT2D eigenvalue weighted by Gasteiger charge is -2.45. The minimum absolute atomic E-state index is 0.0858. The number of hydrogen-bond donors (Lipinski definition) is 1. The van der Waals surface area contributed by atoms with Crippen molar-refractivity contribution in [1.29, 1.82) is 0 Å². The van der Waals surface area contributed by atoms with Gasteiger partial charge in [-0.1, -0.05) is 49.6 Å². The van der Waals surface area contributed by atoms with Gasteiger partial charge in [0, 0.05) is 36.5 Å². The fraction of sp³-hybridized carbons (Fsp3) is 0.448. The number of carbonyl (C=O) groups excluding carboxylic acids is 2. The number of halogens is 1. The van der Waals surface area contributed by atoms with E-state index in [9.17, 15) is 9.59 Å². The van der Waals surface area contributed by atoms with Crippen LogP contribution in [0.4, 0.5) is 11.4 Å². The van der Waals surface area contributed by atoms with Gasteiger partial charge in [0.15, 0.2) is 0 Å². The molecule has 0 aliphatic carbocycles. The van der Waals surface area contributed by atoms with Gasteiger partial charge in [-0.2, -0.15) is 0 Å². The van der Waals surface area contributed by atoms with Gasteiger partial charge in [-0.05, 0) is 81.3 Å². The van der Waals surface area contributed by atoms with Crippen LogP contribution in [0.25, 0.3) is 0 Å². The molecule has 2 aromatic rings. The van der Waals surface area contributed by atoms with Crippen LogP contribution in [0, 0.1) is 18.8 Å². The molecular weight excluding hydrogens is 458 g/mol. The molecule has 0 bridgehead atoms. The normalized spacial score (nSPS) is 20.3. The standard InChI is InChI=1S/C27H30ClN3O2.C2H6/c1-6-9-24(32)31-15-8-14-27(17-31,20-10-7-11-22(28)18(20)2)29-19-12-13-21-23(16-19)30(5)25(33)26(21,3)4;1-2/h7,10-13,16,29H,8,14-15,17H2,1-5H3;1-2H3. The zero-order valence-corrected chi connectivity index (χ0v) is 22.6.